The summed E-state index contributed by atoms with van der Waals surface area (Å²) in [6.45, 7) is 0. The Balaban J connectivity index is 2.47. The van der Waals surface area contributed by atoms with E-state index in [0.717, 1.165) is 11.1 Å². The van der Waals surface area contributed by atoms with Gasteiger partial charge in [0, 0.05) is 5.56 Å². The highest BCUT2D eigenvalue weighted by Crippen LogP contribution is 2.34. The molecule has 1 atom stereocenters. The highest BCUT2D eigenvalue weighted by molar-refractivity contribution is 6.05. The molecule has 1 aromatic rings. The van der Waals surface area contributed by atoms with Crippen LogP contribution in [0.25, 0.3) is 0 Å². The lowest BCUT2D eigenvalue weighted by atomic mass is 10.1. The molecule has 0 spiro atoms. The van der Waals surface area contributed by atoms with Crippen LogP contribution in [-0.2, 0) is 6.42 Å². The van der Waals surface area contributed by atoms with Gasteiger partial charge in [-0.3, -0.25) is 4.79 Å². The first kappa shape index (κ1) is 11.0. The Bertz CT molecular complexity index is 429. The van der Waals surface area contributed by atoms with Crippen LogP contribution in [0.5, 0.6) is 11.5 Å². The van der Waals surface area contributed by atoms with Crippen molar-refractivity contribution in [2.24, 2.45) is 0 Å². The smallest absolute Gasteiger partial charge is 0.180 e. The largest absolute Gasteiger partial charge is 0.493 e. The van der Waals surface area contributed by atoms with Crippen LogP contribution in [-0.4, -0.2) is 33.1 Å². The molecular formula is C12H15NO3. The molecule has 4 heteroatoms. The van der Waals surface area contributed by atoms with Crippen molar-refractivity contribution in [3.63, 3.8) is 0 Å². The van der Waals surface area contributed by atoms with E-state index in [1.807, 2.05) is 6.07 Å². The number of ether oxygens (including phenoxy) is 2. The van der Waals surface area contributed by atoms with Gasteiger partial charge in [-0.2, -0.15) is 0 Å². The first-order chi connectivity index (χ1) is 7.71. The van der Waals surface area contributed by atoms with E-state index in [1.54, 1.807) is 27.3 Å². The van der Waals surface area contributed by atoms with E-state index >= 15 is 0 Å². The summed E-state index contributed by atoms with van der Waals surface area (Å²) >= 11 is 0. The number of carbonyl (C=O) groups excluding carboxylic acids is 1. The number of methoxy groups -OCH3 is 2. The number of Topliss-reactive ketones (excluding diaryl/α,β-unsaturated/α-hetero) is 1. The molecule has 0 saturated heterocycles. The Morgan fingerprint density at radius 2 is 1.88 bits per heavy atom. The molecule has 1 aliphatic carbocycles. The van der Waals surface area contributed by atoms with Gasteiger partial charge in [0.15, 0.2) is 17.3 Å². The summed E-state index contributed by atoms with van der Waals surface area (Å²) in [5.74, 6) is 1.40. The van der Waals surface area contributed by atoms with Gasteiger partial charge in [0.2, 0.25) is 0 Å². The van der Waals surface area contributed by atoms with Gasteiger partial charge >= 0.3 is 0 Å². The number of likely N-dealkylation sites (N-methyl/N-ethyl adjacent to an activating group) is 1. The minimum absolute atomic E-state index is 0.119. The lowest BCUT2D eigenvalue weighted by Gasteiger charge is -2.09. The van der Waals surface area contributed by atoms with Crippen LogP contribution in [0.3, 0.4) is 0 Å². The maximum absolute atomic E-state index is 11.9. The van der Waals surface area contributed by atoms with Gasteiger partial charge < -0.3 is 14.8 Å². The van der Waals surface area contributed by atoms with Crippen molar-refractivity contribution in [2.45, 2.75) is 12.5 Å². The molecule has 1 unspecified atom stereocenters. The molecule has 0 bridgehead atoms. The molecule has 0 amide bonds. The van der Waals surface area contributed by atoms with Crippen molar-refractivity contribution in [1.29, 1.82) is 0 Å². The molecular weight excluding hydrogens is 206 g/mol. The number of carbonyl (C=O) groups is 1. The first-order valence-corrected chi connectivity index (χ1v) is 5.17. The van der Waals surface area contributed by atoms with Gasteiger partial charge in [0.1, 0.15) is 0 Å². The minimum atomic E-state index is -0.119. The zero-order valence-electron chi connectivity index (χ0n) is 9.66. The minimum Gasteiger partial charge on any atom is -0.493 e. The number of ketones is 1. The van der Waals surface area contributed by atoms with E-state index in [-0.39, 0.29) is 11.8 Å². The van der Waals surface area contributed by atoms with Gasteiger partial charge in [-0.25, -0.2) is 0 Å². The van der Waals surface area contributed by atoms with E-state index in [1.165, 1.54) is 0 Å². The van der Waals surface area contributed by atoms with Crippen LogP contribution >= 0.6 is 0 Å². The van der Waals surface area contributed by atoms with Crippen molar-refractivity contribution in [3.05, 3.63) is 23.3 Å². The monoisotopic (exact) mass is 221 g/mol. The summed E-state index contributed by atoms with van der Waals surface area (Å²) in [6.07, 6.45) is 0.713. The Morgan fingerprint density at radius 1 is 1.25 bits per heavy atom. The van der Waals surface area contributed by atoms with Crippen molar-refractivity contribution >= 4 is 5.78 Å². The molecule has 0 fully saturated rings. The molecule has 1 aromatic carbocycles. The summed E-state index contributed by atoms with van der Waals surface area (Å²) in [5.41, 5.74) is 1.75. The average Bonchev–Trinajstić information content (AvgIpc) is 2.63. The predicted molar refractivity (Wildman–Crippen MR) is 60.4 cm³/mol. The number of nitrogens with one attached hydrogen (secondary N) is 1. The number of rotatable bonds is 3. The van der Waals surface area contributed by atoms with Crippen molar-refractivity contribution < 1.29 is 14.3 Å². The number of hydrogen-bond donors (Lipinski definition) is 1. The molecule has 2 rings (SSSR count). The van der Waals surface area contributed by atoms with Gasteiger partial charge in [0.25, 0.3) is 0 Å². The Hall–Kier alpha value is -1.55. The van der Waals surface area contributed by atoms with E-state index < -0.39 is 0 Å². The van der Waals surface area contributed by atoms with Crippen molar-refractivity contribution in [2.75, 3.05) is 21.3 Å². The SMILES string of the molecule is CNC1Cc2cc(OC)c(OC)cc2C1=O. The fraction of sp³-hybridized carbons (Fsp3) is 0.417. The maximum Gasteiger partial charge on any atom is 0.180 e. The predicted octanol–water partition coefficient (Wildman–Crippen LogP) is 1.03. The van der Waals surface area contributed by atoms with Gasteiger partial charge in [0.05, 0.1) is 20.3 Å². The average molecular weight is 221 g/mol. The topological polar surface area (TPSA) is 47.6 Å². The zero-order valence-corrected chi connectivity index (χ0v) is 9.66. The summed E-state index contributed by atoms with van der Waals surface area (Å²) in [6, 6.07) is 3.52. The highest BCUT2D eigenvalue weighted by atomic mass is 16.5. The molecule has 86 valence electrons. The fourth-order valence-corrected chi connectivity index (χ4v) is 2.05. The normalized spacial score (nSPS) is 18.4. The second-order valence-electron chi connectivity index (χ2n) is 3.77. The quantitative estimate of drug-likeness (QED) is 0.828. The summed E-state index contributed by atoms with van der Waals surface area (Å²) in [7, 11) is 4.96. The third-order valence-electron chi connectivity index (χ3n) is 2.96. The second kappa shape index (κ2) is 4.14. The number of hydrogen-bond acceptors (Lipinski definition) is 4. The van der Waals surface area contributed by atoms with Crippen LogP contribution in [0.4, 0.5) is 0 Å². The third-order valence-corrected chi connectivity index (χ3v) is 2.96. The molecule has 4 nitrogen and oxygen atoms in total. The van der Waals surface area contributed by atoms with Crippen LogP contribution in [0, 0.1) is 0 Å². The summed E-state index contributed by atoms with van der Waals surface area (Å²) in [5, 5.41) is 3.00. The molecule has 16 heavy (non-hydrogen) atoms. The van der Waals surface area contributed by atoms with Crippen molar-refractivity contribution in [3.8, 4) is 11.5 Å². The molecule has 0 saturated carbocycles. The van der Waals surface area contributed by atoms with E-state index in [2.05, 4.69) is 5.32 Å². The van der Waals surface area contributed by atoms with E-state index in [4.69, 9.17) is 9.47 Å². The number of fused-ring (bicyclic) bond motifs is 1. The fourth-order valence-electron chi connectivity index (χ4n) is 2.05. The summed E-state index contributed by atoms with van der Waals surface area (Å²) < 4.78 is 10.4. The molecule has 0 heterocycles. The van der Waals surface area contributed by atoms with Crippen LogP contribution in [0.1, 0.15) is 15.9 Å². The van der Waals surface area contributed by atoms with Crippen LogP contribution in [0.2, 0.25) is 0 Å². The van der Waals surface area contributed by atoms with Gasteiger partial charge in [-0.05, 0) is 31.2 Å². The zero-order chi connectivity index (χ0) is 11.7. The Labute approximate surface area is 94.6 Å². The molecule has 0 aliphatic heterocycles. The highest BCUT2D eigenvalue weighted by Gasteiger charge is 2.30. The maximum atomic E-state index is 11.9. The molecule has 0 aromatic heterocycles. The third kappa shape index (κ3) is 1.55. The van der Waals surface area contributed by atoms with E-state index in [9.17, 15) is 4.79 Å². The van der Waals surface area contributed by atoms with E-state index in [0.29, 0.717) is 17.9 Å². The van der Waals surface area contributed by atoms with Gasteiger partial charge in [-0.1, -0.05) is 0 Å². The Kier molecular flexibility index (Phi) is 2.83. The van der Waals surface area contributed by atoms with Crippen LogP contribution < -0.4 is 14.8 Å². The number of benzene rings is 1. The lowest BCUT2D eigenvalue weighted by Crippen LogP contribution is -2.30. The Morgan fingerprint density at radius 3 is 2.44 bits per heavy atom. The molecule has 0 radical (unpaired) electrons. The van der Waals surface area contributed by atoms with Crippen LogP contribution in [0.15, 0.2) is 12.1 Å². The first-order valence-electron chi connectivity index (χ1n) is 5.17. The molecule has 1 aliphatic rings. The molecule has 1 N–H and O–H groups in total. The lowest BCUT2D eigenvalue weighted by molar-refractivity contribution is 0.0961. The van der Waals surface area contributed by atoms with Crippen molar-refractivity contribution in [1.82, 2.24) is 5.32 Å². The standard InChI is InChI=1S/C12H15NO3/c1-13-9-4-7-5-10(15-2)11(16-3)6-8(7)12(9)14/h5-6,9,13H,4H2,1-3H3. The second-order valence-corrected chi connectivity index (χ2v) is 3.77. The van der Waals surface area contributed by atoms with Gasteiger partial charge in [-0.15, -0.1) is 0 Å². The summed E-state index contributed by atoms with van der Waals surface area (Å²) in [4.78, 5) is 11.9.